The lowest BCUT2D eigenvalue weighted by atomic mass is 10.1. The van der Waals surface area contributed by atoms with Crippen molar-refractivity contribution < 1.29 is 9.59 Å². The molecule has 0 atom stereocenters. The molecule has 22 heavy (non-hydrogen) atoms. The van der Waals surface area contributed by atoms with Crippen LogP contribution in [0.15, 0.2) is 42.5 Å². The summed E-state index contributed by atoms with van der Waals surface area (Å²) >= 11 is 12.0. The Bertz CT molecular complexity index is 717. The Hall–Kier alpha value is -2.04. The van der Waals surface area contributed by atoms with Crippen LogP contribution in [0.5, 0.6) is 0 Å². The Morgan fingerprint density at radius 3 is 2.45 bits per heavy atom. The quantitative estimate of drug-likeness (QED) is 0.880. The molecule has 114 valence electrons. The molecule has 0 radical (unpaired) electrons. The predicted octanol–water partition coefficient (Wildman–Crippen LogP) is 3.06. The molecule has 2 rings (SSSR count). The minimum Gasteiger partial charge on any atom is -0.366 e. The van der Waals surface area contributed by atoms with Gasteiger partial charge in [0.2, 0.25) is 5.91 Å². The van der Waals surface area contributed by atoms with Crippen molar-refractivity contribution in [2.45, 2.75) is 6.42 Å². The van der Waals surface area contributed by atoms with Crippen LogP contribution in [0.1, 0.15) is 26.3 Å². The molecule has 4 nitrogen and oxygen atoms in total. The molecule has 0 unspecified atom stereocenters. The van der Waals surface area contributed by atoms with Gasteiger partial charge in [-0.3, -0.25) is 9.59 Å². The second-order valence-corrected chi connectivity index (χ2v) is 5.45. The van der Waals surface area contributed by atoms with E-state index in [4.69, 9.17) is 28.9 Å². The fraction of sp³-hybridized carbons (Fsp3) is 0.125. The number of nitrogens with one attached hydrogen (secondary N) is 1. The molecule has 6 heteroatoms. The molecule has 2 aromatic carbocycles. The third kappa shape index (κ3) is 4.00. The van der Waals surface area contributed by atoms with E-state index in [0.717, 1.165) is 5.56 Å². The molecule has 0 aromatic heterocycles. The highest BCUT2D eigenvalue weighted by molar-refractivity contribution is 6.42. The van der Waals surface area contributed by atoms with Crippen LogP contribution in [-0.2, 0) is 6.42 Å². The number of hydrogen-bond acceptors (Lipinski definition) is 2. The van der Waals surface area contributed by atoms with Crippen molar-refractivity contribution in [3.05, 3.63) is 69.2 Å². The van der Waals surface area contributed by atoms with E-state index >= 15 is 0 Å². The molecule has 0 aliphatic rings. The van der Waals surface area contributed by atoms with Gasteiger partial charge in [-0.25, -0.2) is 0 Å². The summed E-state index contributed by atoms with van der Waals surface area (Å²) < 4.78 is 0. The molecule has 0 saturated heterocycles. The summed E-state index contributed by atoms with van der Waals surface area (Å²) in [5.41, 5.74) is 6.73. The van der Waals surface area contributed by atoms with Crippen molar-refractivity contribution in [3.8, 4) is 0 Å². The summed E-state index contributed by atoms with van der Waals surface area (Å²) in [4.78, 5) is 23.1. The van der Waals surface area contributed by atoms with Gasteiger partial charge in [-0.05, 0) is 36.2 Å². The van der Waals surface area contributed by atoms with Crippen molar-refractivity contribution in [1.29, 1.82) is 0 Å². The number of halogens is 2. The van der Waals surface area contributed by atoms with Gasteiger partial charge in [-0.2, -0.15) is 0 Å². The van der Waals surface area contributed by atoms with Gasteiger partial charge in [0.25, 0.3) is 5.91 Å². The van der Waals surface area contributed by atoms with Crippen LogP contribution in [0.4, 0.5) is 0 Å². The first kappa shape index (κ1) is 16.3. The summed E-state index contributed by atoms with van der Waals surface area (Å²) in [6.07, 6.45) is 0.556. The van der Waals surface area contributed by atoms with Crippen molar-refractivity contribution in [1.82, 2.24) is 5.32 Å². The predicted molar refractivity (Wildman–Crippen MR) is 87.5 cm³/mol. The van der Waals surface area contributed by atoms with E-state index in [9.17, 15) is 9.59 Å². The number of benzene rings is 2. The highest BCUT2D eigenvalue weighted by Crippen LogP contribution is 2.25. The Morgan fingerprint density at radius 2 is 1.73 bits per heavy atom. The fourth-order valence-electron chi connectivity index (χ4n) is 1.97. The van der Waals surface area contributed by atoms with E-state index in [1.54, 1.807) is 24.3 Å². The second kappa shape index (κ2) is 7.29. The molecule has 0 aliphatic carbocycles. The number of carbonyl (C=O) groups is 2. The fourth-order valence-corrected chi connectivity index (χ4v) is 2.38. The maximum absolute atomic E-state index is 12.0. The molecule has 0 heterocycles. The summed E-state index contributed by atoms with van der Waals surface area (Å²) in [6, 6.07) is 11.6. The zero-order valence-electron chi connectivity index (χ0n) is 11.6. The molecule has 0 aliphatic heterocycles. The molecule has 0 fully saturated rings. The third-order valence-electron chi connectivity index (χ3n) is 3.12. The van der Waals surface area contributed by atoms with Gasteiger partial charge in [0, 0.05) is 17.7 Å². The lowest BCUT2D eigenvalue weighted by Gasteiger charge is -2.08. The molecular formula is C16H14Cl2N2O2. The first-order valence-corrected chi connectivity index (χ1v) is 7.35. The van der Waals surface area contributed by atoms with E-state index in [2.05, 4.69) is 5.32 Å². The maximum atomic E-state index is 12.0. The van der Waals surface area contributed by atoms with Gasteiger partial charge in [0.15, 0.2) is 0 Å². The number of rotatable bonds is 5. The number of primary amides is 1. The number of hydrogen-bond donors (Lipinski definition) is 2. The lowest BCUT2D eigenvalue weighted by Crippen LogP contribution is -2.26. The maximum Gasteiger partial charge on any atom is 0.251 e. The third-order valence-corrected chi connectivity index (χ3v) is 3.98. The van der Waals surface area contributed by atoms with Crippen LogP contribution >= 0.6 is 23.2 Å². The smallest absolute Gasteiger partial charge is 0.251 e. The normalized spacial score (nSPS) is 10.3. The van der Waals surface area contributed by atoms with Crippen LogP contribution in [0.2, 0.25) is 10.0 Å². The summed E-state index contributed by atoms with van der Waals surface area (Å²) in [5.74, 6) is -0.846. The zero-order chi connectivity index (χ0) is 16.1. The second-order valence-electron chi connectivity index (χ2n) is 4.66. The summed E-state index contributed by atoms with van der Waals surface area (Å²) in [7, 11) is 0. The Kier molecular flexibility index (Phi) is 5.41. The van der Waals surface area contributed by atoms with Crippen LogP contribution in [0, 0.1) is 0 Å². The first-order chi connectivity index (χ1) is 10.5. The lowest BCUT2D eigenvalue weighted by molar-refractivity contribution is 0.0954. The van der Waals surface area contributed by atoms with E-state index in [1.807, 2.05) is 12.1 Å². The summed E-state index contributed by atoms with van der Waals surface area (Å²) in [6.45, 7) is 0.402. The van der Waals surface area contributed by atoms with Crippen LogP contribution in [0.25, 0.3) is 0 Å². The number of amides is 2. The minimum atomic E-state index is -0.569. The van der Waals surface area contributed by atoms with Crippen LogP contribution in [0.3, 0.4) is 0 Å². The average molecular weight is 337 g/mol. The van der Waals surface area contributed by atoms with E-state index in [-0.39, 0.29) is 5.91 Å². The van der Waals surface area contributed by atoms with Gasteiger partial charge in [0.1, 0.15) is 0 Å². The first-order valence-electron chi connectivity index (χ1n) is 6.60. The number of nitrogens with two attached hydrogens (primary N) is 1. The zero-order valence-corrected chi connectivity index (χ0v) is 13.1. The largest absolute Gasteiger partial charge is 0.366 e. The van der Waals surface area contributed by atoms with Crippen molar-refractivity contribution in [2.24, 2.45) is 5.73 Å². The van der Waals surface area contributed by atoms with Crippen LogP contribution in [-0.4, -0.2) is 18.4 Å². The Labute approximate surface area is 138 Å². The highest BCUT2D eigenvalue weighted by Gasteiger charge is 2.09. The molecule has 0 bridgehead atoms. The van der Waals surface area contributed by atoms with Crippen molar-refractivity contribution in [2.75, 3.05) is 6.54 Å². The van der Waals surface area contributed by atoms with Gasteiger partial charge >= 0.3 is 0 Å². The molecular weight excluding hydrogens is 323 g/mol. The van der Waals surface area contributed by atoms with Gasteiger partial charge in [0.05, 0.1) is 10.0 Å². The molecule has 0 saturated carbocycles. The van der Waals surface area contributed by atoms with E-state index in [0.29, 0.717) is 34.1 Å². The van der Waals surface area contributed by atoms with Crippen molar-refractivity contribution in [3.63, 3.8) is 0 Å². The molecule has 3 N–H and O–H groups in total. The monoisotopic (exact) mass is 336 g/mol. The topological polar surface area (TPSA) is 72.2 Å². The molecule has 0 spiro atoms. The Morgan fingerprint density at radius 1 is 1.05 bits per heavy atom. The average Bonchev–Trinajstić information content (AvgIpc) is 2.51. The highest BCUT2D eigenvalue weighted by atomic mass is 35.5. The number of carbonyl (C=O) groups excluding carboxylic acids is 2. The van der Waals surface area contributed by atoms with Gasteiger partial charge in [-0.15, -0.1) is 0 Å². The minimum absolute atomic E-state index is 0.277. The van der Waals surface area contributed by atoms with Gasteiger partial charge < -0.3 is 11.1 Å². The Balaban J connectivity index is 1.97. The van der Waals surface area contributed by atoms with E-state index in [1.165, 1.54) is 6.07 Å². The van der Waals surface area contributed by atoms with Gasteiger partial charge in [-0.1, -0.05) is 41.4 Å². The van der Waals surface area contributed by atoms with E-state index < -0.39 is 5.91 Å². The van der Waals surface area contributed by atoms with Crippen LogP contribution < -0.4 is 11.1 Å². The summed E-state index contributed by atoms with van der Waals surface area (Å²) in [5, 5.41) is 3.75. The van der Waals surface area contributed by atoms with Crippen molar-refractivity contribution >= 4 is 35.0 Å². The SMILES string of the molecule is NC(=O)c1cccc(C(=O)NCCc2cccc(Cl)c2Cl)c1. The molecule has 2 amide bonds. The molecule has 2 aromatic rings. The standard InChI is InChI=1S/C16H14Cl2N2O2/c17-13-6-2-3-10(14(13)18)7-8-20-16(22)12-5-1-4-11(9-12)15(19)21/h1-6,9H,7-8H2,(H2,19,21)(H,20,22).